The number of benzene rings is 1. The van der Waals surface area contributed by atoms with Crippen LogP contribution in [0.2, 0.25) is 0 Å². The number of cyclic esters (lactones) is 1. The molecule has 412 valence electrons. The van der Waals surface area contributed by atoms with Gasteiger partial charge in [0.05, 0.1) is 49.1 Å². The number of rotatable bonds is 18. The maximum absolute atomic E-state index is 14.5. The lowest BCUT2D eigenvalue weighted by atomic mass is 9.74. The highest BCUT2D eigenvalue weighted by Gasteiger charge is 2.55. The summed E-state index contributed by atoms with van der Waals surface area (Å²) in [4.78, 5) is 56.3. The van der Waals surface area contributed by atoms with Crippen LogP contribution in [0.3, 0.4) is 0 Å². The number of Topliss-reactive ketones (excluding diaryl/α,β-unsaturated/α-hetero) is 1. The third-order valence-electron chi connectivity index (χ3n) is 15.5. The predicted molar refractivity (Wildman–Crippen MR) is 267 cm³/mol. The minimum absolute atomic E-state index is 0.0404. The number of alkyl carbamates (subject to hydrolysis) is 1. The maximum Gasteiger partial charge on any atom is 0.407 e. The van der Waals surface area contributed by atoms with Gasteiger partial charge in [-0.1, -0.05) is 46.2 Å². The molecule has 3 heterocycles. The first-order valence-corrected chi connectivity index (χ1v) is 25.8. The monoisotopic (exact) mass is 1020 g/mol. The summed E-state index contributed by atoms with van der Waals surface area (Å²) < 4.78 is 56.2. The van der Waals surface area contributed by atoms with Crippen molar-refractivity contribution in [3.8, 4) is 5.75 Å². The Morgan fingerprint density at radius 3 is 2.07 bits per heavy atom. The molecule has 5 N–H and O–H groups in total. The Kier molecular flexibility index (Phi) is 22.7. The third kappa shape index (κ3) is 15.3. The fourth-order valence-corrected chi connectivity index (χ4v) is 10.8. The molecule has 2 amide bonds. The molecular weight excluding hydrogens is 935 g/mol. The van der Waals surface area contributed by atoms with E-state index in [1.165, 1.54) is 21.1 Å². The number of ketones is 1. The average Bonchev–Trinajstić information content (AvgIpc) is 3.34. The summed E-state index contributed by atoms with van der Waals surface area (Å²) >= 11 is 0. The van der Waals surface area contributed by atoms with Gasteiger partial charge in [-0.3, -0.25) is 14.4 Å². The highest BCUT2D eigenvalue weighted by atomic mass is 16.7. The second-order valence-electron chi connectivity index (χ2n) is 21.4. The summed E-state index contributed by atoms with van der Waals surface area (Å²) in [5.41, 5.74) is -3.53. The van der Waals surface area contributed by atoms with Crippen molar-refractivity contribution in [3.05, 3.63) is 29.8 Å². The molecule has 3 aliphatic heterocycles. The number of amides is 2. The lowest BCUT2D eigenvalue weighted by Gasteiger charge is -2.50. The van der Waals surface area contributed by atoms with E-state index < -0.39 is 108 Å². The van der Waals surface area contributed by atoms with Gasteiger partial charge < -0.3 is 73.5 Å². The summed E-state index contributed by atoms with van der Waals surface area (Å²) in [6.45, 7) is 17.7. The van der Waals surface area contributed by atoms with Crippen molar-refractivity contribution < 1.29 is 77.1 Å². The molecular formula is C53H89N3O16. The lowest BCUT2D eigenvalue weighted by molar-refractivity contribution is -0.319. The molecule has 18 atom stereocenters. The van der Waals surface area contributed by atoms with Crippen LogP contribution in [-0.2, 0) is 58.8 Å². The normalized spacial score (nSPS) is 38.3. The molecule has 0 unspecified atom stereocenters. The Morgan fingerprint density at radius 2 is 1.47 bits per heavy atom. The number of aliphatic hydroxyl groups is 3. The molecule has 3 aliphatic rings. The van der Waals surface area contributed by atoms with Crippen molar-refractivity contribution in [2.24, 2.45) is 23.7 Å². The Labute approximate surface area is 427 Å². The van der Waals surface area contributed by atoms with Gasteiger partial charge in [0.15, 0.2) is 18.7 Å². The number of hydrogen-bond acceptors (Lipinski definition) is 17. The zero-order chi connectivity index (χ0) is 53.9. The number of ether oxygens (including phenoxy) is 9. The summed E-state index contributed by atoms with van der Waals surface area (Å²) in [6, 6.07) is 7.16. The second-order valence-corrected chi connectivity index (χ2v) is 21.4. The first-order chi connectivity index (χ1) is 33.8. The number of unbranched alkanes of at least 4 members (excludes halogenated alkanes) is 2. The molecule has 3 fully saturated rings. The lowest BCUT2D eigenvalue weighted by Crippen LogP contribution is -2.62. The Morgan fingerprint density at radius 1 is 0.833 bits per heavy atom. The van der Waals surface area contributed by atoms with Crippen molar-refractivity contribution in [1.82, 2.24) is 15.5 Å². The number of aliphatic hydroxyl groups excluding tert-OH is 2. The van der Waals surface area contributed by atoms with Crippen LogP contribution in [0.1, 0.15) is 126 Å². The van der Waals surface area contributed by atoms with E-state index in [1.54, 1.807) is 55.6 Å². The van der Waals surface area contributed by atoms with Gasteiger partial charge in [0.1, 0.15) is 34.9 Å². The number of nitrogens with zero attached hydrogens (tertiary/aromatic N) is 1. The molecule has 0 bridgehead atoms. The average molecular weight is 1020 g/mol. The quantitative estimate of drug-likeness (QED) is 0.0954. The molecule has 3 saturated heterocycles. The van der Waals surface area contributed by atoms with Crippen molar-refractivity contribution >= 4 is 23.8 Å². The van der Waals surface area contributed by atoms with Crippen LogP contribution in [-0.4, -0.2) is 170 Å². The molecule has 4 rings (SSSR count). The van der Waals surface area contributed by atoms with Gasteiger partial charge in [-0.05, 0) is 105 Å². The van der Waals surface area contributed by atoms with Gasteiger partial charge >= 0.3 is 12.1 Å². The van der Waals surface area contributed by atoms with Crippen molar-refractivity contribution in [2.75, 3.05) is 42.0 Å². The highest BCUT2D eigenvalue weighted by molar-refractivity contribution is 5.83. The number of likely N-dealkylation sites (N-methyl/N-ethyl adjacent to an activating group) is 1. The van der Waals surface area contributed by atoms with Gasteiger partial charge in [0.25, 0.3) is 0 Å². The zero-order valence-electron chi connectivity index (χ0n) is 45.6. The number of methoxy groups -OCH3 is 3. The second kappa shape index (κ2) is 26.8. The molecule has 0 saturated carbocycles. The van der Waals surface area contributed by atoms with Gasteiger partial charge in [0.2, 0.25) is 5.91 Å². The van der Waals surface area contributed by atoms with Crippen molar-refractivity contribution in [2.45, 2.75) is 211 Å². The first-order valence-electron chi connectivity index (χ1n) is 25.8. The SMILES string of the molecule is CC[C@H]1OC(=O)[C@H](C)[C@@H](O[C@H]2C[C@@](C)(OC)[C@@H](OC(=O)NCCCCCC(=O)NCc3ccc(OC)cc3)[C@H](C)O2)[C@H](C)[C@@H](O[C@@H]2O[C@H](C)C[C@H](N(C)C)[C@H]2O)[C@@](C)(OC)C[C@@H](C)C(=O)[C@H](C)[C@@H](O)[C@]1(C)O. The van der Waals surface area contributed by atoms with Crippen molar-refractivity contribution in [3.63, 3.8) is 0 Å². The van der Waals surface area contributed by atoms with Crippen LogP contribution < -0.4 is 15.4 Å². The molecule has 19 nitrogen and oxygen atoms in total. The summed E-state index contributed by atoms with van der Waals surface area (Å²) in [6.07, 6.45) is -7.84. The standard InChI is InChI=1S/C53H89N3O16/c1-16-39-53(10,63)45(60)32(4)42(58)30(2)27-51(8,65-14)46(71-49-43(59)38(56(11)12)26-31(3)67-49)33(5)44(34(6)48(61)69-39)70-41-28-52(9,66-15)47(35(7)68-41)72-50(62)54-25-19-17-18-20-40(57)55-29-36-21-23-37(64-13)24-22-36/h21-24,30-35,38-39,41,43-47,49,59-60,63H,16-20,25-29H2,1-15H3,(H,54,62)(H,55,57)/t30-,31-,32+,33+,34-,35+,38+,39-,41+,43-,44+,45-,46-,47+,49+,51+,52-,53-/m1/s1. The largest absolute Gasteiger partial charge is 0.497 e. The minimum atomic E-state index is -2.02. The topological polar surface area (TPSA) is 239 Å². The summed E-state index contributed by atoms with van der Waals surface area (Å²) in [7, 11) is 8.34. The van der Waals surface area contributed by atoms with Crippen LogP contribution >= 0.6 is 0 Å². The molecule has 1 aromatic rings. The van der Waals surface area contributed by atoms with E-state index in [0.29, 0.717) is 45.2 Å². The van der Waals surface area contributed by atoms with Crippen LogP contribution in [0.5, 0.6) is 5.75 Å². The van der Waals surface area contributed by atoms with Gasteiger partial charge in [0, 0.05) is 63.9 Å². The molecule has 72 heavy (non-hydrogen) atoms. The van der Waals surface area contributed by atoms with Gasteiger partial charge in [-0.25, -0.2) is 4.79 Å². The van der Waals surface area contributed by atoms with Crippen LogP contribution in [0, 0.1) is 23.7 Å². The number of hydrogen-bond donors (Lipinski definition) is 5. The van der Waals surface area contributed by atoms with E-state index in [4.69, 9.17) is 42.6 Å². The predicted octanol–water partition coefficient (Wildman–Crippen LogP) is 5.06. The fraction of sp³-hybridized carbons (Fsp3) is 0.811. The number of carbonyl (C=O) groups excluding carboxylic acids is 4. The Balaban J connectivity index is 1.56. The molecule has 19 heteroatoms. The molecule has 0 aromatic heterocycles. The van der Waals surface area contributed by atoms with Gasteiger partial charge in [-0.2, -0.15) is 0 Å². The molecule has 0 radical (unpaired) electrons. The smallest absolute Gasteiger partial charge is 0.407 e. The zero-order valence-corrected chi connectivity index (χ0v) is 45.6. The van der Waals surface area contributed by atoms with Crippen LogP contribution in [0.15, 0.2) is 24.3 Å². The molecule has 1 aromatic carbocycles. The maximum atomic E-state index is 14.5. The van der Waals surface area contributed by atoms with Crippen molar-refractivity contribution in [1.29, 1.82) is 0 Å². The van der Waals surface area contributed by atoms with E-state index in [-0.39, 0.29) is 43.1 Å². The van der Waals surface area contributed by atoms with E-state index in [0.717, 1.165) is 11.3 Å². The van der Waals surface area contributed by atoms with E-state index in [2.05, 4.69) is 10.6 Å². The summed E-state index contributed by atoms with van der Waals surface area (Å²) in [5.74, 6) is -4.09. The Hall–Kier alpha value is -3.50. The van der Waals surface area contributed by atoms with Crippen LogP contribution in [0.4, 0.5) is 4.79 Å². The molecule has 0 aliphatic carbocycles. The third-order valence-corrected chi connectivity index (χ3v) is 15.5. The fourth-order valence-electron chi connectivity index (χ4n) is 10.8. The number of esters is 1. The van der Waals surface area contributed by atoms with E-state index in [9.17, 15) is 34.5 Å². The van der Waals surface area contributed by atoms with E-state index in [1.807, 2.05) is 57.1 Å². The number of carbonyl (C=O) groups is 4. The minimum Gasteiger partial charge on any atom is -0.497 e. The first kappa shape index (κ1) is 61.1. The highest BCUT2D eigenvalue weighted by Crippen LogP contribution is 2.42. The van der Waals surface area contributed by atoms with E-state index >= 15 is 0 Å². The molecule has 0 spiro atoms. The summed E-state index contributed by atoms with van der Waals surface area (Å²) in [5, 5.41) is 40.9. The Bertz CT molecular complexity index is 1890. The van der Waals surface area contributed by atoms with Gasteiger partial charge in [-0.15, -0.1) is 0 Å². The number of nitrogens with one attached hydrogen (secondary N) is 2. The van der Waals surface area contributed by atoms with Crippen LogP contribution in [0.25, 0.3) is 0 Å².